The third-order valence-electron chi connectivity index (χ3n) is 0.625. The van der Waals surface area contributed by atoms with Crippen LogP contribution in [0.4, 0.5) is 0 Å². The maximum Gasteiger partial charge on any atom is 0.257 e. The second-order valence-corrected chi connectivity index (χ2v) is 2.94. The van der Waals surface area contributed by atoms with Crippen molar-refractivity contribution in [1.82, 2.24) is 0 Å². The predicted molar refractivity (Wildman–Crippen MR) is 43.3 cm³/mol. The summed E-state index contributed by atoms with van der Waals surface area (Å²) in [5.74, 6) is -1.49. The van der Waals surface area contributed by atoms with Crippen LogP contribution in [-0.4, -0.2) is 11.8 Å². The van der Waals surface area contributed by atoms with Crippen LogP contribution >= 0.6 is 31.9 Å². The molecule has 0 saturated carbocycles. The van der Waals surface area contributed by atoms with E-state index in [0.717, 1.165) is 0 Å². The molecule has 0 aliphatic heterocycles. The fourth-order valence-corrected chi connectivity index (χ4v) is 0.607. The van der Waals surface area contributed by atoms with Crippen LogP contribution in [0.3, 0.4) is 0 Å². The quantitative estimate of drug-likeness (QED) is 0.691. The Kier molecular flexibility index (Phi) is 3.59. The molecule has 0 unspecified atom stereocenters. The molecule has 4 nitrogen and oxygen atoms in total. The molecule has 0 aromatic carbocycles. The van der Waals surface area contributed by atoms with E-state index < -0.39 is 11.8 Å². The summed E-state index contributed by atoms with van der Waals surface area (Å²) in [7, 11) is 0. The van der Waals surface area contributed by atoms with Crippen molar-refractivity contribution in [3.8, 4) is 0 Å². The van der Waals surface area contributed by atoms with Crippen molar-refractivity contribution in [3.63, 3.8) is 0 Å². The highest BCUT2D eigenvalue weighted by Gasteiger charge is 2.10. The van der Waals surface area contributed by atoms with Crippen LogP contribution in [-0.2, 0) is 9.59 Å². The molecule has 0 radical (unpaired) electrons. The van der Waals surface area contributed by atoms with Gasteiger partial charge in [-0.1, -0.05) is 0 Å². The molecule has 0 aliphatic carbocycles. The first-order valence-corrected chi connectivity index (χ1v) is 3.70. The molecule has 10 heavy (non-hydrogen) atoms. The first-order valence-electron chi connectivity index (χ1n) is 2.11. The minimum atomic E-state index is -0.745. The largest absolute Gasteiger partial charge is 0.365 e. The molecular weight excluding hydrogens is 268 g/mol. The van der Waals surface area contributed by atoms with Crippen molar-refractivity contribution in [2.45, 2.75) is 0 Å². The zero-order valence-corrected chi connectivity index (χ0v) is 7.90. The standard InChI is InChI=1S/C4H4Br2N2O2/c5-1(3(7)9)2(6)4(8)10/h(H2,7,9)(H2,8,10). The predicted octanol–water partition coefficient (Wildman–Crippen LogP) is -0.0416. The summed E-state index contributed by atoms with van der Waals surface area (Å²) in [4.78, 5) is 20.6. The average molecular weight is 272 g/mol. The van der Waals surface area contributed by atoms with Gasteiger partial charge in [0.25, 0.3) is 11.8 Å². The Labute approximate surface area is 73.9 Å². The molecule has 4 N–H and O–H groups in total. The summed E-state index contributed by atoms with van der Waals surface area (Å²) in [5, 5.41) is 0. The van der Waals surface area contributed by atoms with Gasteiger partial charge in [-0.2, -0.15) is 0 Å². The van der Waals surface area contributed by atoms with E-state index in [0.29, 0.717) is 0 Å². The lowest BCUT2D eigenvalue weighted by Gasteiger charge is -1.93. The number of hydrogen-bond acceptors (Lipinski definition) is 2. The molecule has 0 atom stereocenters. The van der Waals surface area contributed by atoms with Gasteiger partial charge in [-0.15, -0.1) is 0 Å². The van der Waals surface area contributed by atoms with Gasteiger partial charge in [0.1, 0.15) is 8.96 Å². The number of rotatable bonds is 2. The zero-order valence-electron chi connectivity index (χ0n) is 4.73. The normalized spacial score (nSPS) is 12.2. The van der Waals surface area contributed by atoms with Gasteiger partial charge in [0.15, 0.2) is 0 Å². The SMILES string of the molecule is NC(=O)C(Br)=C(Br)C(N)=O. The van der Waals surface area contributed by atoms with Gasteiger partial charge in [0, 0.05) is 0 Å². The Morgan fingerprint density at radius 3 is 1.20 bits per heavy atom. The number of carbonyl (C=O) groups is 2. The molecule has 0 aromatic heterocycles. The van der Waals surface area contributed by atoms with E-state index in [1.165, 1.54) is 0 Å². The van der Waals surface area contributed by atoms with Crippen LogP contribution in [0.1, 0.15) is 0 Å². The first kappa shape index (κ1) is 9.64. The fraction of sp³-hybridized carbons (Fsp3) is 0. The molecule has 0 aromatic rings. The van der Waals surface area contributed by atoms with E-state index in [9.17, 15) is 9.59 Å². The second kappa shape index (κ2) is 3.72. The van der Waals surface area contributed by atoms with Crippen molar-refractivity contribution in [1.29, 1.82) is 0 Å². The minimum absolute atomic E-state index is 0.0556. The Hall–Kier alpha value is -0.360. The van der Waals surface area contributed by atoms with Crippen LogP contribution in [0.15, 0.2) is 8.96 Å². The summed E-state index contributed by atoms with van der Waals surface area (Å²) in [6.45, 7) is 0. The molecule has 0 saturated heterocycles. The van der Waals surface area contributed by atoms with Gasteiger partial charge < -0.3 is 11.5 Å². The monoisotopic (exact) mass is 270 g/mol. The van der Waals surface area contributed by atoms with Crippen LogP contribution in [0, 0.1) is 0 Å². The lowest BCUT2D eigenvalue weighted by Crippen LogP contribution is -2.17. The van der Waals surface area contributed by atoms with Crippen molar-refractivity contribution in [2.75, 3.05) is 0 Å². The number of carbonyl (C=O) groups excluding carboxylic acids is 2. The maximum absolute atomic E-state index is 10.3. The Balaban J connectivity index is 4.67. The number of halogens is 2. The van der Waals surface area contributed by atoms with Crippen molar-refractivity contribution >= 4 is 43.7 Å². The van der Waals surface area contributed by atoms with Gasteiger partial charge in [-0.3, -0.25) is 9.59 Å². The maximum atomic E-state index is 10.3. The van der Waals surface area contributed by atoms with E-state index >= 15 is 0 Å². The molecule has 2 amide bonds. The summed E-state index contributed by atoms with van der Waals surface area (Å²) >= 11 is 5.53. The van der Waals surface area contributed by atoms with Crippen molar-refractivity contribution in [3.05, 3.63) is 8.96 Å². The summed E-state index contributed by atoms with van der Waals surface area (Å²) in [6, 6.07) is 0. The van der Waals surface area contributed by atoms with Gasteiger partial charge in [-0.25, -0.2) is 0 Å². The molecule has 56 valence electrons. The highest BCUT2D eigenvalue weighted by molar-refractivity contribution is 9.14. The summed E-state index contributed by atoms with van der Waals surface area (Å²) in [6.07, 6.45) is 0. The molecule has 0 heterocycles. The molecule has 0 rings (SSSR count). The molecule has 0 bridgehead atoms. The average Bonchev–Trinajstić information content (AvgIpc) is 1.84. The third-order valence-corrected chi connectivity index (χ3v) is 2.73. The zero-order chi connectivity index (χ0) is 8.31. The highest BCUT2D eigenvalue weighted by Crippen LogP contribution is 2.16. The Bertz CT molecular complexity index is 189. The summed E-state index contributed by atoms with van der Waals surface area (Å²) < 4.78 is -0.111. The van der Waals surface area contributed by atoms with Crippen LogP contribution in [0.2, 0.25) is 0 Å². The van der Waals surface area contributed by atoms with E-state index in [-0.39, 0.29) is 8.96 Å². The van der Waals surface area contributed by atoms with Gasteiger partial charge in [0.05, 0.1) is 0 Å². The highest BCUT2D eigenvalue weighted by atomic mass is 79.9. The molecular formula is C4H4Br2N2O2. The molecule has 0 aliphatic rings. The summed E-state index contributed by atoms with van der Waals surface area (Å²) in [5.41, 5.74) is 9.59. The first-order chi connectivity index (χ1) is 4.46. The third kappa shape index (κ3) is 2.49. The second-order valence-electron chi connectivity index (χ2n) is 1.36. The van der Waals surface area contributed by atoms with E-state index in [2.05, 4.69) is 31.9 Å². The van der Waals surface area contributed by atoms with Gasteiger partial charge in [-0.05, 0) is 31.9 Å². The molecule has 0 spiro atoms. The topological polar surface area (TPSA) is 86.2 Å². The number of nitrogens with two attached hydrogens (primary N) is 2. The smallest absolute Gasteiger partial charge is 0.257 e. The Morgan fingerprint density at radius 2 is 1.10 bits per heavy atom. The molecule has 0 fully saturated rings. The fourth-order valence-electron chi connectivity index (χ4n) is 0.216. The lowest BCUT2D eigenvalue weighted by atomic mass is 10.5. The number of primary amides is 2. The van der Waals surface area contributed by atoms with Gasteiger partial charge in [0.2, 0.25) is 0 Å². The Morgan fingerprint density at radius 1 is 0.900 bits per heavy atom. The van der Waals surface area contributed by atoms with Crippen LogP contribution in [0.25, 0.3) is 0 Å². The number of amides is 2. The molecule has 6 heteroatoms. The van der Waals surface area contributed by atoms with E-state index in [1.54, 1.807) is 0 Å². The van der Waals surface area contributed by atoms with Crippen molar-refractivity contribution in [2.24, 2.45) is 11.5 Å². The van der Waals surface area contributed by atoms with Crippen LogP contribution in [0.5, 0.6) is 0 Å². The van der Waals surface area contributed by atoms with E-state index in [4.69, 9.17) is 11.5 Å². The van der Waals surface area contributed by atoms with Crippen molar-refractivity contribution < 1.29 is 9.59 Å². The lowest BCUT2D eigenvalue weighted by molar-refractivity contribution is -0.116. The van der Waals surface area contributed by atoms with Gasteiger partial charge >= 0.3 is 0 Å². The number of hydrogen-bond donors (Lipinski definition) is 2. The van der Waals surface area contributed by atoms with E-state index in [1.807, 2.05) is 0 Å². The van der Waals surface area contributed by atoms with Crippen LogP contribution < -0.4 is 11.5 Å². The minimum Gasteiger partial charge on any atom is -0.365 e.